The van der Waals surface area contributed by atoms with E-state index < -0.39 is 17.9 Å². The predicted molar refractivity (Wildman–Crippen MR) is 130 cm³/mol. The summed E-state index contributed by atoms with van der Waals surface area (Å²) in [6.07, 6.45) is 12.8. The van der Waals surface area contributed by atoms with Crippen LogP contribution in [0.15, 0.2) is 12.1 Å². The first-order chi connectivity index (χ1) is 16.5. The van der Waals surface area contributed by atoms with Crippen molar-refractivity contribution in [2.45, 2.75) is 90.9 Å². The van der Waals surface area contributed by atoms with Crippen molar-refractivity contribution in [3.05, 3.63) is 12.1 Å². The van der Waals surface area contributed by atoms with Crippen molar-refractivity contribution < 1.29 is 34.1 Å². The summed E-state index contributed by atoms with van der Waals surface area (Å²) in [7, 11) is 0. The van der Waals surface area contributed by atoms with Gasteiger partial charge < -0.3 is 25.0 Å². The molecule has 0 radical (unpaired) electrons. The molecule has 0 aliphatic carbocycles. The molecule has 3 N–H and O–H groups in total. The van der Waals surface area contributed by atoms with E-state index in [1.54, 1.807) is 0 Å². The fourth-order valence-electron chi connectivity index (χ4n) is 3.67. The van der Waals surface area contributed by atoms with Crippen LogP contribution in [0.25, 0.3) is 0 Å². The monoisotopic (exact) mass is 484 g/mol. The van der Waals surface area contributed by atoms with Crippen LogP contribution in [0, 0.1) is 5.92 Å². The maximum absolute atomic E-state index is 12.7. The number of nitrogens with zero attached hydrogens (tertiary/aromatic N) is 1. The van der Waals surface area contributed by atoms with Gasteiger partial charge in [-0.05, 0) is 12.8 Å². The zero-order valence-electron chi connectivity index (χ0n) is 20.9. The van der Waals surface area contributed by atoms with Gasteiger partial charge in [0.15, 0.2) is 0 Å². The van der Waals surface area contributed by atoms with Gasteiger partial charge in [-0.15, -0.1) is 4.73 Å². The van der Waals surface area contributed by atoms with Gasteiger partial charge in [0, 0.05) is 24.6 Å². The molecule has 34 heavy (non-hydrogen) atoms. The van der Waals surface area contributed by atoms with Gasteiger partial charge in [0.2, 0.25) is 17.7 Å². The van der Waals surface area contributed by atoms with Crippen molar-refractivity contribution in [3.63, 3.8) is 0 Å². The number of amides is 1. The Morgan fingerprint density at radius 1 is 0.853 bits per heavy atom. The molecule has 0 bridgehead atoms. The lowest BCUT2D eigenvalue weighted by atomic mass is 9.93. The largest absolute Gasteiger partial charge is 0.534 e. The van der Waals surface area contributed by atoms with E-state index in [4.69, 9.17) is 9.47 Å². The second-order valence-corrected chi connectivity index (χ2v) is 8.54. The lowest BCUT2D eigenvalue weighted by Crippen LogP contribution is -2.33. The molecule has 0 aliphatic rings. The number of nitrogens with one attached hydrogen (secondary N) is 1. The zero-order chi connectivity index (χ0) is 25.0. The van der Waals surface area contributed by atoms with Crippen LogP contribution >= 0.6 is 0 Å². The molecule has 0 aromatic carbocycles. The smallest absolute Gasteiger partial charge is 0.492 e. The summed E-state index contributed by atoms with van der Waals surface area (Å²) in [4.78, 5) is 28.9. The second-order valence-electron chi connectivity index (χ2n) is 8.54. The highest BCUT2D eigenvalue weighted by Gasteiger charge is 2.17. The summed E-state index contributed by atoms with van der Waals surface area (Å²) < 4.78 is 10.8. The molecule has 0 saturated heterocycles. The average molecular weight is 485 g/mol. The molecule has 9 nitrogen and oxygen atoms in total. The molecule has 1 aromatic heterocycles. The Morgan fingerprint density at radius 3 is 2.03 bits per heavy atom. The van der Waals surface area contributed by atoms with Crippen LogP contribution < -0.4 is 10.2 Å². The minimum atomic E-state index is -1.08. The first-order valence-corrected chi connectivity index (χ1v) is 12.8. The Kier molecular flexibility index (Phi) is 16.5. The quantitative estimate of drug-likeness (QED) is 0.177. The van der Waals surface area contributed by atoms with Crippen molar-refractivity contribution in [2.75, 3.05) is 26.4 Å². The van der Waals surface area contributed by atoms with Crippen LogP contribution in [-0.2, 0) is 14.3 Å². The van der Waals surface area contributed by atoms with Crippen molar-refractivity contribution in [1.82, 2.24) is 10.0 Å². The molecule has 0 spiro atoms. The number of unbranched alkanes of at least 4 members (excludes halogenated alkanes) is 8. The fraction of sp³-hybridized carbons (Fsp3) is 0.760. The number of ether oxygens (including phenoxy) is 2. The summed E-state index contributed by atoms with van der Waals surface area (Å²) >= 11 is 0. The Bertz CT molecular complexity index is 659. The number of hydrogen-bond acceptors (Lipinski definition) is 7. The highest BCUT2D eigenvalue weighted by atomic mass is 16.8. The molecule has 0 saturated carbocycles. The van der Waals surface area contributed by atoms with Crippen molar-refractivity contribution in [1.29, 1.82) is 0 Å². The molecular weight excluding hydrogens is 440 g/mol. The summed E-state index contributed by atoms with van der Waals surface area (Å²) in [6.45, 7) is 5.18. The fourth-order valence-corrected chi connectivity index (χ4v) is 3.67. The normalized spacial score (nSPS) is 11.8. The second kappa shape index (κ2) is 18.9. The third kappa shape index (κ3) is 13.3. The molecule has 9 heteroatoms. The van der Waals surface area contributed by atoms with E-state index in [0.29, 0.717) is 17.9 Å². The maximum Gasteiger partial charge on any atom is 0.534 e. The van der Waals surface area contributed by atoms with Crippen molar-refractivity contribution >= 4 is 12.1 Å². The summed E-state index contributed by atoms with van der Waals surface area (Å²) in [6, 6.07) is 2.34. The molecular formula is C25H44N2O7. The zero-order valence-corrected chi connectivity index (χ0v) is 20.9. The van der Waals surface area contributed by atoms with Gasteiger partial charge >= 0.3 is 6.16 Å². The van der Waals surface area contributed by atoms with Crippen LogP contribution in [0.3, 0.4) is 0 Å². The van der Waals surface area contributed by atoms with Crippen LogP contribution in [0.5, 0.6) is 11.8 Å². The van der Waals surface area contributed by atoms with Crippen LogP contribution in [0.1, 0.15) is 90.9 Å². The van der Waals surface area contributed by atoms with E-state index in [0.717, 1.165) is 25.7 Å². The van der Waals surface area contributed by atoms with Crippen LogP contribution in [0.2, 0.25) is 0 Å². The highest BCUT2D eigenvalue weighted by Crippen LogP contribution is 2.20. The molecule has 1 aromatic rings. The molecule has 0 aliphatic heterocycles. The van der Waals surface area contributed by atoms with Gasteiger partial charge in [0.25, 0.3) is 0 Å². The Morgan fingerprint density at radius 2 is 1.41 bits per heavy atom. The van der Waals surface area contributed by atoms with Crippen LogP contribution in [-0.4, -0.2) is 53.4 Å². The van der Waals surface area contributed by atoms with E-state index in [-0.39, 0.29) is 25.0 Å². The van der Waals surface area contributed by atoms with Gasteiger partial charge in [0.1, 0.15) is 6.61 Å². The van der Waals surface area contributed by atoms with Crippen molar-refractivity contribution in [2.24, 2.45) is 5.92 Å². The third-order valence-electron chi connectivity index (χ3n) is 5.64. The molecule has 1 atom stereocenters. The highest BCUT2D eigenvalue weighted by molar-refractivity contribution is 5.78. The number of carbonyl (C=O) groups excluding carboxylic acids is 2. The van der Waals surface area contributed by atoms with E-state index in [9.17, 15) is 19.8 Å². The first-order valence-electron chi connectivity index (χ1n) is 12.8. The van der Waals surface area contributed by atoms with E-state index >= 15 is 0 Å². The Hall–Kier alpha value is -2.42. The Labute approximate surface area is 203 Å². The van der Waals surface area contributed by atoms with E-state index in [1.165, 1.54) is 63.5 Å². The van der Waals surface area contributed by atoms with Gasteiger partial charge in [-0.3, -0.25) is 9.63 Å². The van der Waals surface area contributed by atoms with Gasteiger partial charge in [-0.25, -0.2) is 4.79 Å². The number of rotatable bonds is 20. The first kappa shape index (κ1) is 29.6. The predicted octanol–water partition coefficient (Wildman–Crippen LogP) is 4.93. The minimum Gasteiger partial charge on any atom is -0.492 e. The molecule has 1 unspecified atom stereocenters. The molecule has 196 valence electrons. The van der Waals surface area contributed by atoms with E-state index in [1.807, 2.05) is 0 Å². The van der Waals surface area contributed by atoms with Gasteiger partial charge in [-0.1, -0.05) is 78.1 Å². The number of hydrogen-bond donors (Lipinski definition) is 3. The van der Waals surface area contributed by atoms with Crippen molar-refractivity contribution in [3.8, 4) is 11.8 Å². The minimum absolute atomic E-state index is 0.0580. The van der Waals surface area contributed by atoms with E-state index in [2.05, 4.69) is 24.0 Å². The Balaban J connectivity index is 2.19. The molecule has 1 heterocycles. The third-order valence-corrected chi connectivity index (χ3v) is 5.64. The average Bonchev–Trinajstić information content (AvgIpc) is 3.13. The maximum atomic E-state index is 12.7. The number of aromatic nitrogens is 1. The lowest BCUT2D eigenvalue weighted by Gasteiger charge is -2.17. The lowest BCUT2D eigenvalue weighted by molar-refractivity contribution is -0.125. The van der Waals surface area contributed by atoms with Gasteiger partial charge in [0.05, 0.1) is 13.2 Å². The summed E-state index contributed by atoms with van der Waals surface area (Å²) in [5.41, 5.74) is 0. The standard InChI is InChI=1S/C25H44N2O7/c1-3-5-7-9-10-12-14-21(13-11-8-6-4-2)24(30)26-17-18-32-19-20-33-25(31)34-27-22(28)15-16-23(27)29/h15-16,21,28-29H,3-14,17-20H2,1-2H3,(H,26,30). The number of carbonyl (C=O) groups is 2. The molecule has 1 rings (SSSR count). The SMILES string of the molecule is CCCCCCCCC(CCCCCC)C(=O)NCCOCCOC(=O)On1c(O)ccc1O. The molecule has 1 amide bonds. The van der Waals surface area contributed by atoms with Crippen LogP contribution in [0.4, 0.5) is 4.79 Å². The molecule has 0 fully saturated rings. The van der Waals surface area contributed by atoms with Gasteiger partial charge in [-0.2, -0.15) is 0 Å². The number of aromatic hydroxyl groups is 2. The summed E-state index contributed by atoms with van der Waals surface area (Å²) in [5.74, 6) is -0.703. The summed E-state index contributed by atoms with van der Waals surface area (Å²) in [5, 5.41) is 21.8. The topological polar surface area (TPSA) is 119 Å².